The maximum absolute atomic E-state index is 13.0. The lowest BCUT2D eigenvalue weighted by Crippen LogP contribution is -2.36. The van der Waals surface area contributed by atoms with Gasteiger partial charge in [-0.25, -0.2) is 15.0 Å². The number of benzene rings is 1. The topological polar surface area (TPSA) is 100 Å². The number of rotatable bonds is 10. The summed E-state index contributed by atoms with van der Waals surface area (Å²) in [6, 6.07) is 7.65. The number of fused-ring (bicyclic) bond motifs is 1. The first kappa shape index (κ1) is 24.2. The molecule has 9 heteroatoms. The third-order valence-electron chi connectivity index (χ3n) is 5.04. The Bertz CT molecular complexity index is 1040. The summed E-state index contributed by atoms with van der Waals surface area (Å²) in [7, 11) is 0. The van der Waals surface area contributed by atoms with Crippen molar-refractivity contribution in [2.24, 2.45) is 5.92 Å². The highest BCUT2D eigenvalue weighted by Crippen LogP contribution is 2.32. The Morgan fingerprint density at radius 3 is 2.85 bits per heavy atom. The summed E-state index contributed by atoms with van der Waals surface area (Å²) in [5, 5.41) is 3.04. The molecule has 3 aromatic rings. The lowest BCUT2D eigenvalue weighted by molar-refractivity contribution is -0.127. The Labute approximate surface area is 194 Å². The largest absolute Gasteiger partial charge is 0.454 e. The van der Waals surface area contributed by atoms with Crippen molar-refractivity contribution in [3.8, 4) is 17.4 Å². The first-order chi connectivity index (χ1) is 15.6. The van der Waals surface area contributed by atoms with Crippen molar-refractivity contribution in [1.29, 1.82) is 0 Å². The Kier molecular flexibility index (Phi) is 8.37. The number of nitrogens with one attached hydrogen (secondary N) is 1. The summed E-state index contributed by atoms with van der Waals surface area (Å²) >= 11 is 0. The van der Waals surface area contributed by atoms with Crippen LogP contribution in [0, 0.1) is 5.92 Å². The van der Waals surface area contributed by atoms with Gasteiger partial charge >= 0.3 is 0 Å². The molecule has 1 amide bonds. The molecule has 0 spiro atoms. The molecular weight excluding hydrogens is 422 g/mol. The highest BCUT2D eigenvalue weighted by atomic mass is 16.7. The van der Waals surface area contributed by atoms with E-state index in [1.165, 1.54) is 0 Å². The molecule has 33 heavy (non-hydrogen) atoms. The highest BCUT2D eigenvalue weighted by molar-refractivity contribution is 5.79. The number of ether oxygens (including phenoxy) is 3. The maximum atomic E-state index is 13.0. The van der Waals surface area contributed by atoms with Crippen molar-refractivity contribution < 1.29 is 19.0 Å². The van der Waals surface area contributed by atoms with Gasteiger partial charge in [0.25, 0.3) is 0 Å². The van der Waals surface area contributed by atoms with E-state index in [0.29, 0.717) is 31.9 Å². The number of hydrogen-bond acceptors (Lipinski definition) is 7. The molecule has 176 valence electrons. The van der Waals surface area contributed by atoms with E-state index in [2.05, 4.69) is 20.3 Å². The van der Waals surface area contributed by atoms with Crippen LogP contribution in [0.15, 0.2) is 49.2 Å². The second-order valence-corrected chi connectivity index (χ2v) is 7.83. The summed E-state index contributed by atoms with van der Waals surface area (Å²) in [4.78, 5) is 25.8. The first-order valence-electron chi connectivity index (χ1n) is 10.7. The first-order valence-corrected chi connectivity index (χ1v) is 10.7. The fourth-order valence-electron chi connectivity index (χ4n) is 3.36. The van der Waals surface area contributed by atoms with E-state index in [1.54, 1.807) is 29.5 Å². The van der Waals surface area contributed by atoms with Crippen molar-refractivity contribution in [1.82, 2.24) is 24.8 Å². The van der Waals surface area contributed by atoms with Gasteiger partial charge in [0, 0.05) is 37.3 Å². The molecule has 1 atom stereocenters. The van der Waals surface area contributed by atoms with E-state index >= 15 is 0 Å². The number of imidazole rings is 1. The van der Waals surface area contributed by atoms with Crippen LogP contribution in [0.25, 0.3) is 5.95 Å². The van der Waals surface area contributed by atoms with Crippen LogP contribution in [0.3, 0.4) is 0 Å². The molecule has 1 aliphatic heterocycles. The zero-order valence-corrected chi connectivity index (χ0v) is 18.2. The molecule has 0 bridgehead atoms. The average Bonchev–Trinajstić information content (AvgIpc) is 3.48. The van der Waals surface area contributed by atoms with Crippen LogP contribution in [-0.2, 0) is 22.4 Å². The van der Waals surface area contributed by atoms with Gasteiger partial charge in [0.05, 0.1) is 18.6 Å². The van der Waals surface area contributed by atoms with Crippen LogP contribution in [0.2, 0.25) is 0 Å². The summed E-state index contributed by atoms with van der Waals surface area (Å²) in [5.74, 6) is 1.60. The molecular formula is C24H31N5O4. The minimum Gasteiger partial charge on any atom is -0.454 e. The number of carbonyl (C=O) groups is 1. The summed E-state index contributed by atoms with van der Waals surface area (Å²) in [5.41, 5.74) is 1.84. The van der Waals surface area contributed by atoms with Crippen LogP contribution in [-0.4, -0.2) is 51.5 Å². The molecule has 0 radical (unpaired) electrons. The van der Waals surface area contributed by atoms with Gasteiger partial charge in [-0.1, -0.05) is 13.5 Å². The van der Waals surface area contributed by atoms with E-state index in [9.17, 15) is 4.79 Å². The molecule has 2 aromatic heterocycles. The lowest BCUT2D eigenvalue weighted by Gasteiger charge is -2.18. The molecule has 9 nitrogen and oxygen atoms in total. The van der Waals surface area contributed by atoms with E-state index < -0.39 is 0 Å². The molecule has 4 rings (SSSR count). The molecule has 1 unspecified atom stereocenters. The lowest BCUT2D eigenvalue weighted by atomic mass is 10.0. The highest BCUT2D eigenvalue weighted by Gasteiger charge is 2.21. The standard InChI is InChI=1S/C23H27N5O4.CH4/c1-16(2)30-13-18(12-19-6-8-26-23(27-19)28-10-9-24-14-28)22(29)25-7-5-17-3-4-20-21(11-17)32-15-31-20;/h3-4,6,8-11,14,16,18H,5,7,12-13,15H2,1-2H3,(H,25,29);1H4. The van der Waals surface area contributed by atoms with Gasteiger partial charge in [0.15, 0.2) is 11.5 Å². The number of carbonyl (C=O) groups excluding carboxylic acids is 1. The Hall–Kier alpha value is -3.46. The smallest absolute Gasteiger partial charge is 0.235 e. The van der Waals surface area contributed by atoms with Gasteiger partial charge in [0.2, 0.25) is 18.6 Å². The van der Waals surface area contributed by atoms with Crippen LogP contribution >= 0.6 is 0 Å². The predicted molar refractivity (Wildman–Crippen MR) is 123 cm³/mol. The fraction of sp³-hybridized carbons (Fsp3) is 0.417. The van der Waals surface area contributed by atoms with Gasteiger partial charge in [0.1, 0.15) is 6.33 Å². The van der Waals surface area contributed by atoms with Crippen molar-refractivity contribution in [2.45, 2.75) is 40.2 Å². The third kappa shape index (κ3) is 6.52. The molecule has 1 N–H and O–H groups in total. The predicted octanol–water partition coefficient (Wildman–Crippen LogP) is 2.97. The summed E-state index contributed by atoms with van der Waals surface area (Å²) in [6.07, 6.45) is 7.96. The van der Waals surface area contributed by atoms with Gasteiger partial charge in [-0.15, -0.1) is 0 Å². The molecule has 3 heterocycles. The van der Waals surface area contributed by atoms with Gasteiger partial charge in [-0.3, -0.25) is 9.36 Å². The van der Waals surface area contributed by atoms with E-state index in [0.717, 1.165) is 22.8 Å². The number of nitrogens with zero attached hydrogens (tertiary/aromatic N) is 4. The molecule has 0 aliphatic carbocycles. The second kappa shape index (κ2) is 11.4. The van der Waals surface area contributed by atoms with Crippen LogP contribution in [0.1, 0.15) is 32.5 Å². The van der Waals surface area contributed by atoms with Crippen LogP contribution in [0.5, 0.6) is 11.5 Å². The Morgan fingerprint density at radius 2 is 2.06 bits per heavy atom. The van der Waals surface area contributed by atoms with E-state index in [4.69, 9.17) is 14.2 Å². The normalized spacial score (nSPS) is 12.9. The van der Waals surface area contributed by atoms with Gasteiger partial charge in [-0.2, -0.15) is 0 Å². The van der Waals surface area contributed by atoms with Crippen molar-refractivity contribution in [3.63, 3.8) is 0 Å². The quantitative estimate of drug-likeness (QED) is 0.504. The zero-order chi connectivity index (χ0) is 22.3. The van der Waals surface area contributed by atoms with Crippen LogP contribution in [0.4, 0.5) is 0 Å². The fourth-order valence-corrected chi connectivity index (χ4v) is 3.36. The maximum Gasteiger partial charge on any atom is 0.235 e. The minimum atomic E-state index is -0.361. The van der Waals surface area contributed by atoms with E-state index in [1.807, 2.05) is 38.1 Å². The molecule has 0 fully saturated rings. The van der Waals surface area contributed by atoms with Gasteiger partial charge < -0.3 is 19.5 Å². The SMILES string of the molecule is C.CC(C)OCC(Cc1ccnc(-n2ccnc2)n1)C(=O)NCCc1ccc2c(c1)OCO2. The average molecular weight is 454 g/mol. The molecule has 1 aliphatic rings. The van der Waals surface area contributed by atoms with Crippen molar-refractivity contribution in [3.05, 3.63) is 60.4 Å². The number of aromatic nitrogens is 4. The number of amides is 1. The third-order valence-corrected chi connectivity index (χ3v) is 5.04. The summed E-state index contributed by atoms with van der Waals surface area (Å²) < 4.78 is 18.3. The monoisotopic (exact) mass is 453 g/mol. The van der Waals surface area contributed by atoms with Crippen molar-refractivity contribution >= 4 is 5.91 Å². The van der Waals surface area contributed by atoms with Crippen molar-refractivity contribution in [2.75, 3.05) is 19.9 Å². The minimum absolute atomic E-state index is 0. The molecule has 1 aromatic carbocycles. The second-order valence-electron chi connectivity index (χ2n) is 7.83. The zero-order valence-electron chi connectivity index (χ0n) is 18.2. The Morgan fingerprint density at radius 1 is 1.21 bits per heavy atom. The molecule has 0 saturated carbocycles. The molecule has 0 saturated heterocycles. The van der Waals surface area contributed by atoms with Crippen LogP contribution < -0.4 is 14.8 Å². The summed E-state index contributed by atoms with van der Waals surface area (Å²) in [6.45, 7) is 4.99. The van der Waals surface area contributed by atoms with E-state index in [-0.39, 0.29) is 32.1 Å². The van der Waals surface area contributed by atoms with Gasteiger partial charge in [-0.05, 0) is 44.0 Å². The number of hydrogen-bond donors (Lipinski definition) is 1. The Balaban J connectivity index is 0.00000306.